The van der Waals surface area contributed by atoms with Crippen LogP contribution in [0.25, 0.3) is 0 Å². The Morgan fingerprint density at radius 2 is 2.05 bits per heavy atom. The van der Waals surface area contributed by atoms with Crippen molar-refractivity contribution in [2.45, 2.75) is 13.0 Å². The van der Waals surface area contributed by atoms with Gasteiger partial charge in [-0.05, 0) is 30.7 Å². The number of ether oxygens (including phenoxy) is 1. The van der Waals surface area contributed by atoms with Gasteiger partial charge >= 0.3 is 0 Å². The van der Waals surface area contributed by atoms with Crippen LogP contribution in [0, 0.1) is 0 Å². The molecule has 1 aliphatic rings. The standard InChI is InChI=1S/C17H18N2O2/c1-12(13-5-3-2-4-6-13)19-17(20)14-7-8-15-16(11-14)21-10-9-18-15/h2-8,11-12,18H,9-10H2,1H3,(H,19,20)/t12-/m0/s1. The summed E-state index contributed by atoms with van der Waals surface area (Å²) >= 11 is 0. The van der Waals surface area contributed by atoms with Gasteiger partial charge in [0.05, 0.1) is 11.7 Å². The van der Waals surface area contributed by atoms with E-state index >= 15 is 0 Å². The van der Waals surface area contributed by atoms with Crippen molar-refractivity contribution < 1.29 is 9.53 Å². The summed E-state index contributed by atoms with van der Waals surface area (Å²) in [6.07, 6.45) is 0. The summed E-state index contributed by atoms with van der Waals surface area (Å²) in [6.45, 7) is 3.39. The average Bonchev–Trinajstić information content (AvgIpc) is 2.55. The Morgan fingerprint density at radius 1 is 1.24 bits per heavy atom. The van der Waals surface area contributed by atoms with Crippen LogP contribution in [0.15, 0.2) is 48.5 Å². The van der Waals surface area contributed by atoms with E-state index in [0.29, 0.717) is 12.2 Å². The molecule has 0 unspecified atom stereocenters. The minimum atomic E-state index is -0.0941. The molecule has 0 spiro atoms. The monoisotopic (exact) mass is 282 g/mol. The Hall–Kier alpha value is -2.49. The molecule has 1 heterocycles. The fourth-order valence-corrected chi connectivity index (χ4v) is 2.38. The Morgan fingerprint density at radius 3 is 2.86 bits per heavy atom. The molecule has 3 rings (SSSR count). The third-order valence-electron chi connectivity index (χ3n) is 3.57. The quantitative estimate of drug-likeness (QED) is 0.910. The van der Waals surface area contributed by atoms with Crippen LogP contribution in [0.3, 0.4) is 0 Å². The topological polar surface area (TPSA) is 50.4 Å². The van der Waals surface area contributed by atoms with Gasteiger partial charge < -0.3 is 15.4 Å². The van der Waals surface area contributed by atoms with Crippen LogP contribution in [-0.4, -0.2) is 19.1 Å². The third-order valence-corrected chi connectivity index (χ3v) is 3.57. The highest BCUT2D eigenvalue weighted by molar-refractivity contribution is 5.95. The molecule has 0 aliphatic carbocycles. The molecule has 0 bridgehead atoms. The molecule has 0 fully saturated rings. The van der Waals surface area contributed by atoms with Gasteiger partial charge in [0, 0.05) is 12.1 Å². The van der Waals surface area contributed by atoms with Gasteiger partial charge in [0.25, 0.3) is 5.91 Å². The highest BCUT2D eigenvalue weighted by Crippen LogP contribution is 2.28. The van der Waals surface area contributed by atoms with E-state index in [1.807, 2.05) is 49.4 Å². The van der Waals surface area contributed by atoms with Crippen LogP contribution in [0.1, 0.15) is 28.9 Å². The molecule has 0 aromatic heterocycles. The van der Waals surface area contributed by atoms with Crippen LogP contribution < -0.4 is 15.4 Å². The van der Waals surface area contributed by atoms with Crippen molar-refractivity contribution in [3.05, 3.63) is 59.7 Å². The minimum Gasteiger partial charge on any atom is -0.490 e. The van der Waals surface area contributed by atoms with Crippen LogP contribution in [0.2, 0.25) is 0 Å². The molecule has 4 heteroatoms. The van der Waals surface area contributed by atoms with Gasteiger partial charge in [-0.15, -0.1) is 0 Å². The summed E-state index contributed by atoms with van der Waals surface area (Å²) < 4.78 is 5.56. The second-order valence-electron chi connectivity index (χ2n) is 5.09. The smallest absolute Gasteiger partial charge is 0.251 e. The normalized spacial score (nSPS) is 14.3. The van der Waals surface area contributed by atoms with Gasteiger partial charge in [-0.3, -0.25) is 4.79 Å². The Labute approximate surface area is 124 Å². The first-order valence-corrected chi connectivity index (χ1v) is 7.10. The van der Waals surface area contributed by atoms with E-state index < -0.39 is 0 Å². The van der Waals surface area contributed by atoms with Crippen molar-refractivity contribution in [2.75, 3.05) is 18.5 Å². The molecular weight excluding hydrogens is 264 g/mol. The third kappa shape index (κ3) is 2.99. The molecule has 21 heavy (non-hydrogen) atoms. The first kappa shape index (κ1) is 13.5. The van der Waals surface area contributed by atoms with Crippen molar-refractivity contribution in [1.82, 2.24) is 5.32 Å². The van der Waals surface area contributed by atoms with Crippen molar-refractivity contribution >= 4 is 11.6 Å². The molecule has 2 aromatic carbocycles. The Kier molecular flexibility index (Phi) is 3.77. The summed E-state index contributed by atoms with van der Waals surface area (Å²) in [5, 5.41) is 6.24. The van der Waals surface area contributed by atoms with Gasteiger partial charge in [0.2, 0.25) is 0 Å². The lowest BCUT2D eigenvalue weighted by Crippen LogP contribution is -2.27. The second-order valence-corrected chi connectivity index (χ2v) is 5.09. The highest BCUT2D eigenvalue weighted by Gasteiger charge is 2.15. The summed E-state index contributed by atoms with van der Waals surface area (Å²) in [7, 11) is 0. The zero-order valence-corrected chi connectivity index (χ0v) is 11.9. The first-order valence-electron chi connectivity index (χ1n) is 7.10. The maximum Gasteiger partial charge on any atom is 0.251 e. The zero-order chi connectivity index (χ0) is 14.7. The molecule has 2 aromatic rings. The SMILES string of the molecule is C[C@H](NC(=O)c1ccc2c(c1)OCCN2)c1ccccc1. The lowest BCUT2D eigenvalue weighted by atomic mass is 10.1. The molecule has 108 valence electrons. The molecule has 4 nitrogen and oxygen atoms in total. The summed E-state index contributed by atoms with van der Waals surface area (Å²) in [4.78, 5) is 12.3. The Balaban J connectivity index is 1.73. The van der Waals surface area contributed by atoms with Crippen molar-refractivity contribution in [2.24, 2.45) is 0 Å². The number of nitrogens with one attached hydrogen (secondary N) is 2. The summed E-state index contributed by atoms with van der Waals surface area (Å²) in [5.41, 5.74) is 2.64. The lowest BCUT2D eigenvalue weighted by Gasteiger charge is -2.20. The van der Waals surface area contributed by atoms with Crippen LogP contribution >= 0.6 is 0 Å². The number of carbonyl (C=O) groups excluding carboxylic acids is 1. The fourth-order valence-electron chi connectivity index (χ4n) is 2.38. The molecule has 2 N–H and O–H groups in total. The van der Waals surface area contributed by atoms with E-state index in [1.54, 1.807) is 6.07 Å². The number of amides is 1. The molecule has 0 saturated carbocycles. The largest absolute Gasteiger partial charge is 0.490 e. The van der Waals surface area contributed by atoms with Crippen molar-refractivity contribution in [1.29, 1.82) is 0 Å². The van der Waals surface area contributed by atoms with Gasteiger partial charge in [-0.25, -0.2) is 0 Å². The number of hydrogen-bond donors (Lipinski definition) is 2. The van der Waals surface area contributed by atoms with E-state index in [1.165, 1.54) is 0 Å². The fraction of sp³-hybridized carbons (Fsp3) is 0.235. The van der Waals surface area contributed by atoms with Gasteiger partial charge in [0.15, 0.2) is 0 Å². The van der Waals surface area contributed by atoms with Gasteiger partial charge in [-0.1, -0.05) is 30.3 Å². The maximum absolute atomic E-state index is 12.3. The van der Waals surface area contributed by atoms with E-state index in [4.69, 9.17) is 4.74 Å². The average molecular weight is 282 g/mol. The van der Waals surface area contributed by atoms with E-state index in [9.17, 15) is 4.79 Å². The minimum absolute atomic E-state index is 0.0335. The Bertz CT molecular complexity index is 640. The van der Waals surface area contributed by atoms with Crippen molar-refractivity contribution in [3.63, 3.8) is 0 Å². The number of fused-ring (bicyclic) bond motifs is 1. The molecule has 0 saturated heterocycles. The van der Waals surface area contributed by atoms with E-state index in [2.05, 4.69) is 10.6 Å². The zero-order valence-electron chi connectivity index (χ0n) is 11.9. The number of anilines is 1. The molecule has 1 aliphatic heterocycles. The first-order chi connectivity index (χ1) is 10.2. The van der Waals surface area contributed by atoms with Crippen LogP contribution in [0.4, 0.5) is 5.69 Å². The molecule has 1 amide bonds. The predicted octanol–water partition coefficient (Wildman–Crippen LogP) is 2.98. The van der Waals surface area contributed by atoms with Crippen molar-refractivity contribution in [3.8, 4) is 5.75 Å². The molecule has 1 atom stereocenters. The number of hydrogen-bond acceptors (Lipinski definition) is 3. The van der Waals surface area contributed by atoms with Gasteiger partial charge in [0.1, 0.15) is 12.4 Å². The maximum atomic E-state index is 12.3. The number of carbonyl (C=O) groups is 1. The predicted molar refractivity (Wildman–Crippen MR) is 82.7 cm³/mol. The van der Waals surface area contributed by atoms with Crippen LogP contribution in [-0.2, 0) is 0 Å². The second kappa shape index (κ2) is 5.87. The highest BCUT2D eigenvalue weighted by atomic mass is 16.5. The lowest BCUT2D eigenvalue weighted by molar-refractivity contribution is 0.0939. The van der Waals surface area contributed by atoms with Crippen LogP contribution in [0.5, 0.6) is 5.75 Å². The number of rotatable bonds is 3. The van der Waals surface area contributed by atoms with Gasteiger partial charge in [-0.2, -0.15) is 0 Å². The van der Waals surface area contributed by atoms with E-state index in [-0.39, 0.29) is 11.9 Å². The molecular formula is C17H18N2O2. The summed E-state index contributed by atoms with van der Waals surface area (Å²) in [5.74, 6) is 0.643. The molecule has 0 radical (unpaired) electrons. The number of benzene rings is 2. The summed E-state index contributed by atoms with van der Waals surface area (Å²) in [6, 6.07) is 15.4. The van der Waals surface area contributed by atoms with E-state index in [0.717, 1.165) is 23.5 Å².